The fourth-order valence-electron chi connectivity index (χ4n) is 1.96. The predicted octanol–water partition coefficient (Wildman–Crippen LogP) is 7.93. The third kappa shape index (κ3) is 23.9. The highest BCUT2D eigenvalue weighted by Crippen LogP contribution is 2.07. The average Bonchev–Trinajstić information content (AvgIpc) is 2.75. The first-order valence-corrected chi connectivity index (χ1v) is 11.7. The SMILES string of the molecule is C=C/C(=C\C=C/C)CN/C(C)=C/C=C(\C=C)C(C)=O.CC(=O)C(C)C.CCC[C@H](C)CC. The normalized spacial score (nSPS) is 12.9. The van der Waals surface area contributed by atoms with Gasteiger partial charge in [0, 0.05) is 23.7 Å². The van der Waals surface area contributed by atoms with E-state index in [2.05, 4.69) is 39.2 Å². The molecule has 0 saturated heterocycles. The Bertz CT molecular complexity index is 661. The molecule has 1 N–H and O–H groups in total. The molecule has 0 aromatic carbocycles. The van der Waals surface area contributed by atoms with Gasteiger partial charge in [0.25, 0.3) is 0 Å². The van der Waals surface area contributed by atoms with Gasteiger partial charge in [0.2, 0.25) is 0 Å². The van der Waals surface area contributed by atoms with E-state index in [0.717, 1.165) is 17.2 Å². The minimum Gasteiger partial charge on any atom is -0.384 e. The van der Waals surface area contributed by atoms with Gasteiger partial charge in [-0.15, -0.1) is 0 Å². The first-order chi connectivity index (χ1) is 15.0. The first-order valence-electron chi connectivity index (χ1n) is 11.7. The molecule has 0 aromatic rings. The Morgan fingerprint density at radius 3 is 1.81 bits per heavy atom. The van der Waals surface area contributed by atoms with Crippen molar-refractivity contribution >= 4 is 11.6 Å². The van der Waals surface area contributed by atoms with Crippen LogP contribution < -0.4 is 5.32 Å². The molecule has 0 amide bonds. The smallest absolute Gasteiger partial charge is 0.159 e. The molecule has 0 unspecified atom stereocenters. The fraction of sp³-hybridized carbons (Fsp3) is 0.517. The van der Waals surface area contributed by atoms with E-state index in [1.165, 1.54) is 26.2 Å². The summed E-state index contributed by atoms with van der Waals surface area (Å²) in [6, 6.07) is 0. The van der Waals surface area contributed by atoms with E-state index in [4.69, 9.17) is 0 Å². The Kier molecular flexibility index (Phi) is 24.8. The summed E-state index contributed by atoms with van der Waals surface area (Å²) in [6.07, 6.45) is 17.1. The van der Waals surface area contributed by atoms with Crippen LogP contribution in [0.15, 0.2) is 72.5 Å². The van der Waals surface area contributed by atoms with E-state index in [-0.39, 0.29) is 17.5 Å². The lowest BCUT2D eigenvalue weighted by molar-refractivity contribution is -0.119. The van der Waals surface area contributed by atoms with Crippen molar-refractivity contribution in [2.75, 3.05) is 6.54 Å². The van der Waals surface area contributed by atoms with Crippen LogP contribution in [-0.4, -0.2) is 18.1 Å². The molecular formula is C29H49NO2. The molecule has 0 fully saturated rings. The summed E-state index contributed by atoms with van der Waals surface area (Å²) in [6.45, 7) is 25.7. The highest BCUT2D eigenvalue weighted by Gasteiger charge is 1.97. The van der Waals surface area contributed by atoms with Crippen molar-refractivity contribution in [2.24, 2.45) is 11.8 Å². The number of Topliss-reactive ketones (excluding diaryl/α,β-unsaturated/α-hetero) is 2. The average molecular weight is 444 g/mol. The summed E-state index contributed by atoms with van der Waals surface area (Å²) in [4.78, 5) is 21.3. The van der Waals surface area contributed by atoms with Crippen molar-refractivity contribution in [1.82, 2.24) is 5.32 Å². The van der Waals surface area contributed by atoms with Gasteiger partial charge in [0.15, 0.2) is 5.78 Å². The maximum atomic E-state index is 11.2. The van der Waals surface area contributed by atoms with Gasteiger partial charge in [-0.3, -0.25) is 9.59 Å². The van der Waals surface area contributed by atoms with Gasteiger partial charge in [-0.1, -0.05) is 97.4 Å². The second kappa shape index (κ2) is 23.2. The Hall–Kier alpha value is -2.42. The number of rotatable bonds is 12. The second-order valence-corrected chi connectivity index (χ2v) is 8.12. The summed E-state index contributed by atoms with van der Waals surface area (Å²) < 4.78 is 0. The quantitative estimate of drug-likeness (QED) is 0.246. The van der Waals surface area contributed by atoms with Gasteiger partial charge in [-0.05, 0) is 51.3 Å². The van der Waals surface area contributed by atoms with Crippen LogP contribution in [0.1, 0.15) is 81.6 Å². The van der Waals surface area contributed by atoms with E-state index in [1.54, 1.807) is 19.1 Å². The monoisotopic (exact) mass is 443 g/mol. The molecule has 1 atom stereocenters. The van der Waals surface area contributed by atoms with E-state index < -0.39 is 0 Å². The first kappa shape index (κ1) is 34.2. The van der Waals surface area contributed by atoms with Crippen molar-refractivity contribution in [2.45, 2.75) is 81.6 Å². The van der Waals surface area contributed by atoms with Gasteiger partial charge in [-0.2, -0.15) is 0 Å². The van der Waals surface area contributed by atoms with Crippen molar-refractivity contribution in [3.05, 3.63) is 72.5 Å². The van der Waals surface area contributed by atoms with Crippen LogP contribution in [0.3, 0.4) is 0 Å². The zero-order valence-corrected chi connectivity index (χ0v) is 22.3. The number of nitrogens with one attached hydrogen (secondary N) is 1. The molecule has 0 aliphatic carbocycles. The summed E-state index contributed by atoms with van der Waals surface area (Å²) in [7, 11) is 0. The minimum absolute atomic E-state index is 0.0128. The molecule has 0 aliphatic rings. The van der Waals surface area contributed by atoms with E-state index in [1.807, 2.05) is 58.1 Å². The number of hydrogen-bond donors (Lipinski definition) is 1. The molecular weight excluding hydrogens is 394 g/mol. The Morgan fingerprint density at radius 1 is 0.938 bits per heavy atom. The van der Waals surface area contributed by atoms with Crippen molar-refractivity contribution in [3.63, 3.8) is 0 Å². The van der Waals surface area contributed by atoms with E-state index >= 15 is 0 Å². The van der Waals surface area contributed by atoms with Gasteiger partial charge in [0.05, 0.1) is 0 Å². The molecule has 0 aromatic heterocycles. The number of ketones is 2. The molecule has 0 heterocycles. The van der Waals surface area contributed by atoms with Gasteiger partial charge >= 0.3 is 0 Å². The Morgan fingerprint density at radius 2 is 1.50 bits per heavy atom. The van der Waals surface area contributed by atoms with E-state index in [9.17, 15) is 9.59 Å². The van der Waals surface area contributed by atoms with Crippen molar-refractivity contribution in [3.8, 4) is 0 Å². The number of hydrogen-bond acceptors (Lipinski definition) is 3. The highest BCUT2D eigenvalue weighted by molar-refractivity contribution is 5.96. The molecule has 3 heteroatoms. The van der Waals surface area contributed by atoms with Crippen LogP contribution in [0, 0.1) is 11.8 Å². The van der Waals surface area contributed by atoms with Crippen LogP contribution in [0.4, 0.5) is 0 Å². The molecule has 0 radical (unpaired) electrons. The van der Waals surface area contributed by atoms with Crippen LogP contribution in [-0.2, 0) is 9.59 Å². The molecule has 0 spiro atoms. The van der Waals surface area contributed by atoms with E-state index in [0.29, 0.717) is 12.1 Å². The zero-order valence-electron chi connectivity index (χ0n) is 22.3. The number of carbonyl (C=O) groups excluding carboxylic acids is 2. The number of allylic oxidation sites excluding steroid dienone is 8. The molecule has 0 saturated carbocycles. The minimum atomic E-state index is 0.0128. The summed E-state index contributed by atoms with van der Waals surface area (Å²) in [5.41, 5.74) is 2.69. The van der Waals surface area contributed by atoms with Crippen molar-refractivity contribution < 1.29 is 9.59 Å². The van der Waals surface area contributed by atoms with Gasteiger partial charge in [-0.25, -0.2) is 0 Å². The zero-order chi connectivity index (χ0) is 25.5. The predicted molar refractivity (Wildman–Crippen MR) is 144 cm³/mol. The van der Waals surface area contributed by atoms with Crippen LogP contribution in [0.25, 0.3) is 0 Å². The van der Waals surface area contributed by atoms with Crippen molar-refractivity contribution in [1.29, 1.82) is 0 Å². The summed E-state index contributed by atoms with van der Waals surface area (Å²) >= 11 is 0. The fourth-order valence-corrected chi connectivity index (χ4v) is 1.96. The molecule has 182 valence electrons. The Balaban J connectivity index is -0.000000527. The lowest BCUT2D eigenvalue weighted by atomic mass is 10.0. The molecule has 0 bridgehead atoms. The molecule has 3 nitrogen and oxygen atoms in total. The summed E-state index contributed by atoms with van der Waals surface area (Å²) in [5, 5.41) is 3.26. The van der Waals surface area contributed by atoms with Gasteiger partial charge < -0.3 is 5.32 Å². The third-order valence-corrected chi connectivity index (χ3v) is 4.77. The summed E-state index contributed by atoms with van der Waals surface area (Å²) in [5.74, 6) is 1.43. The molecule has 0 rings (SSSR count). The largest absolute Gasteiger partial charge is 0.384 e. The lowest BCUT2D eigenvalue weighted by Crippen LogP contribution is -2.13. The topological polar surface area (TPSA) is 46.2 Å². The third-order valence-electron chi connectivity index (χ3n) is 4.77. The molecule has 32 heavy (non-hydrogen) atoms. The maximum Gasteiger partial charge on any atom is 0.159 e. The van der Waals surface area contributed by atoms with Crippen LogP contribution in [0.2, 0.25) is 0 Å². The number of carbonyl (C=O) groups is 2. The Labute approximate surface area is 199 Å². The highest BCUT2D eigenvalue weighted by atomic mass is 16.1. The maximum absolute atomic E-state index is 11.2. The lowest BCUT2D eigenvalue weighted by Gasteiger charge is -2.06. The molecule has 0 aliphatic heterocycles. The standard InChI is InChI=1S/C17H23NO.C7H16.C5H10O/c1-6-9-10-16(7-2)13-18-14(4)11-12-17(8-3)15(5)19;1-4-6-7(3)5-2;1-4(2)5(3)6/h6-12,18H,2-3,13H2,1,4-5H3;7H,4-6H2,1-3H3;4H,1-3H3/b9-6-,14-11+,16-10+,17-12+;;/t;7-;/m.1./s1. The van der Waals surface area contributed by atoms with Gasteiger partial charge in [0.1, 0.15) is 5.78 Å². The van der Waals surface area contributed by atoms with Crippen LogP contribution >= 0.6 is 0 Å². The second-order valence-electron chi connectivity index (χ2n) is 8.12. The van der Waals surface area contributed by atoms with Crippen LogP contribution in [0.5, 0.6) is 0 Å².